The van der Waals surface area contributed by atoms with Crippen LogP contribution in [0, 0.1) is 0 Å². The summed E-state index contributed by atoms with van der Waals surface area (Å²) in [6, 6.07) is 23.2. The monoisotopic (exact) mass is 474 g/mol. The summed E-state index contributed by atoms with van der Waals surface area (Å²) < 4.78 is 12.5. The SMILES string of the molecule is CCc1ccc(NC(=O)CSc2nnc(-c3ccc(OC)cc3)n2-c2ccc(OC)cc2)cc1. The van der Waals surface area contributed by atoms with Crippen molar-refractivity contribution in [2.24, 2.45) is 0 Å². The summed E-state index contributed by atoms with van der Waals surface area (Å²) in [5.41, 5.74) is 3.76. The highest BCUT2D eigenvalue weighted by atomic mass is 32.2. The van der Waals surface area contributed by atoms with Crippen molar-refractivity contribution in [3.63, 3.8) is 0 Å². The number of nitrogens with zero attached hydrogens (tertiary/aromatic N) is 3. The Kier molecular flexibility index (Phi) is 7.49. The van der Waals surface area contributed by atoms with Gasteiger partial charge in [0.2, 0.25) is 5.91 Å². The number of hydrogen-bond acceptors (Lipinski definition) is 6. The molecule has 0 spiro atoms. The van der Waals surface area contributed by atoms with E-state index in [9.17, 15) is 4.79 Å². The molecule has 34 heavy (non-hydrogen) atoms. The van der Waals surface area contributed by atoms with Crippen molar-refractivity contribution in [2.75, 3.05) is 25.3 Å². The van der Waals surface area contributed by atoms with Crippen LogP contribution in [0.15, 0.2) is 78.0 Å². The third-order valence-corrected chi connectivity index (χ3v) is 6.22. The van der Waals surface area contributed by atoms with Crippen LogP contribution in [0.25, 0.3) is 17.1 Å². The molecule has 174 valence electrons. The lowest BCUT2D eigenvalue weighted by Crippen LogP contribution is -2.14. The first kappa shape index (κ1) is 23.4. The summed E-state index contributed by atoms with van der Waals surface area (Å²) in [5, 5.41) is 12.4. The number of rotatable bonds is 9. The van der Waals surface area contributed by atoms with E-state index in [1.54, 1.807) is 14.2 Å². The van der Waals surface area contributed by atoms with Crippen molar-refractivity contribution in [2.45, 2.75) is 18.5 Å². The summed E-state index contributed by atoms with van der Waals surface area (Å²) in [6.07, 6.45) is 0.960. The second-order valence-corrected chi connectivity index (χ2v) is 8.40. The maximum absolute atomic E-state index is 12.6. The molecule has 0 saturated heterocycles. The van der Waals surface area contributed by atoms with E-state index in [0.717, 1.165) is 34.9 Å². The van der Waals surface area contributed by atoms with Gasteiger partial charge in [-0.15, -0.1) is 10.2 Å². The second kappa shape index (κ2) is 10.9. The van der Waals surface area contributed by atoms with Gasteiger partial charge in [0.1, 0.15) is 11.5 Å². The Balaban J connectivity index is 1.58. The Morgan fingerprint density at radius 2 is 1.50 bits per heavy atom. The van der Waals surface area contributed by atoms with Gasteiger partial charge in [-0.2, -0.15) is 0 Å². The van der Waals surface area contributed by atoms with E-state index in [2.05, 4.69) is 22.4 Å². The van der Waals surface area contributed by atoms with Crippen molar-refractivity contribution in [3.05, 3.63) is 78.4 Å². The molecule has 0 atom stereocenters. The van der Waals surface area contributed by atoms with Crippen molar-refractivity contribution >= 4 is 23.4 Å². The first-order valence-corrected chi connectivity index (χ1v) is 11.9. The van der Waals surface area contributed by atoms with E-state index in [-0.39, 0.29) is 11.7 Å². The summed E-state index contributed by atoms with van der Waals surface area (Å²) in [5.74, 6) is 2.28. The van der Waals surface area contributed by atoms with Crippen molar-refractivity contribution in [3.8, 4) is 28.6 Å². The van der Waals surface area contributed by atoms with Gasteiger partial charge in [0.05, 0.1) is 20.0 Å². The standard InChI is InChI=1S/C26H26N4O3S/c1-4-18-5-9-20(10-6-18)27-24(31)17-34-26-29-28-25(19-7-13-22(32-2)14-8-19)30(26)21-11-15-23(33-3)16-12-21/h5-16H,4,17H2,1-3H3,(H,27,31). The molecule has 1 heterocycles. The maximum Gasteiger partial charge on any atom is 0.234 e. The molecular weight excluding hydrogens is 448 g/mol. The number of aromatic nitrogens is 3. The van der Waals surface area contributed by atoms with Crippen molar-refractivity contribution in [1.29, 1.82) is 0 Å². The zero-order chi connectivity index (χ0) is 23.9. The number of methoxy groups -OCH3 is 2. The summed E-state index contributed by atoms with van der Waals surface area (Å²) in [6.45, 7) is 2.10. The summed E-state index contributed by atoms with van der Waals surface area (Å²) in [4.78, 5) is 12.6. The van der Waals surface area contributed by atoms with Crippen LogP contribution in [-0.2, 0) is 11.2 Å². The third-order valence-electron chi connectivity index (χ3n) is 5.29. The Labute approximate surface area is 203 Å². The van der Waals surface area contributed by atoms with Gasteiger partial charge in [0.25, 0.3) is 0 Å². The van der Waals surface area contributed by atoms with E-state index >= 15 is 0 Å². The van der Waals surface area contributed by atoms with Gasteiger partial charge in [-0.25, -0.2) is 0 Å². The maximum atomic E-state index is 12.6. The lowest BCUT2D eigenvalue weighted by molar-refractivity contribution is -0.113. The number of nitrogens with one attached hydrogen (secondary N) is 1. The van der Waals surface area contributed by atoms with E-state index in [1.165, 1.54) is 17.3 Å². The van der Waals surface area contributed by atoms with Crippen LogP contribution in [0.5, 0.6) is 11.5 Å². The number of thioether (sulfide) groups is 1. The highest BCUT2D eigenvalue weighted by Gasteiger charge is 2.18. The molecule has 1 N–H and O–H groups in total. The molecule has 0 radical (unpaired) electrons. The number of hydrogen-bond donors (Lipinski definition) is 1. The number of amides is 1. The Hall–Kier alpha value is -3.78. The molecular formula is C26H26N4O3S. The largest absolute Gasteiger partial charge is 0.497 e. The number of aryl methyl sites for hydroxylation is 1. The van der Waals surface area contributed by atoms with Crippen molar-refractivity contribution in [1.82, 2.24) is 14.8 Å². The van der Waals surface area contributed by atoms with E-state index in [1.807, 2.05) is 77.4 Å². The van der Waals surface area contributed by atoms with Crippen LogP contribution in [0.1, 0.15) is 12.5 Å². The molecule has 3 aromatic carbocycles. The molecule has 4 aromatic rings. The topological polar surface area (TPSA) is 78.3 Å². The molecule has 8 heteroatoms. The zero-order valence-corrected chi connectivity index (χ0v) is 20.1. The number of benzene rings is 3. The van der Waals surface area contributed by atoms with Crippen molar-refractivity contribution < 1.29 is 14.3 Å². The number of carbonyl (C=O) groups is 1. The smallest absolute Gasteiger partial charge is 0.234 e. The van der Waals surface area contributed by atoms with E-state index in [0.29, 0.717) is 11.0 Å². The Bertz CT molecular complexity index is 1240. The third kappa shape index (κ3) is 5.40. The Morgan fingerprint density at radius 3 is 2.09 bits per heavy atom. The van der Waals surface area contributed by atoms with Gasteiger partial charge in [0.15, 0.2) is 11.0 Å². The highest BCUT2D eigenvalue weighted by molar-refractivity contribution is 7.99. The molecule has 0 fully saturated rings. The summed E-state index contributed by atoms with van der Waals surface area (Å²) in [7, 11) is 3.26. The molecule has 0 aliphatic heterocycles. The molecule has 0 aliphatic rings. The van der Waals surface area contributed by atoms with Crippen LogP contribution >= 0.6 is 11.8 Å². The molecule has 0 saturated carbocycles. The van der Waals surface area contributed by atoms with Crippen LogP contribution in [0.3, 0.4) is 0 Å². The number of anilines is 1. The van der Waals surface area contributed by atoms with Crippen LogP contribution in [-0.4, -0.2) is 40.6 Å². The van der Waals surface area contributed by atoms with E-state index in [4.69, 9.17) is 9.47 Å². The predicted molar refractivity (Wildman–Crippen MR) is 135 cm³/mol. The average molecular weight is 475 g/mol. The van der Waals surface area contributed by atoms with Gasteiger partial charge in [-0.05, 0) is 72.6 Å². The first-order valence-electron chi connectivity index (χ1n) is 10.9. The molecule has 7 nitrogen and oxygen atoms in total. The zero-order valence-electron chi connectivity index (χ0n) is 19.3. The van der Waals surface area contributed by atoms with Gasteiger partial charge >= 0.3 is 0 Å². The van der Waals surface area contributed by atoms with Gasteiger partial charge < -0.3 is 14.8 Å². The fourth-order valence-corrected chi connectivity index (χ4v) is 4.16. The molecule has 4 rings (SSSR count). The lowest BCUT2D eigenvalue weighted by atomic mass is 10.1. The quantitative estimate of drug-likeness (QED) is 0.334. The molecule has 0 unspecified atom stereocenters. The van der Waals surface area contributed by atoms with Crippen LogP contribution in [0.2, 0.25) is 0 Å². The minimum atomic E-state index is -0.107. The molecule has 1 amide bonds. The fraction of sp³-hybridized carbons (Fsp3) is 0.192. The second-order valence-electron chi connectivity index (χ2n) is 7.46. The normalized spacial score (nSPS) is 10.7. The minimum absolute atomic E-state index is 0.107. The predicted octanol–water partition coefficient (Wildman–Crippen LogP) is 5.24. The molecule has 1 aromatic heterocycles. The highest BCUT2D eigenvalue weighted by Crippen LogP contribution is 2.30. The van der Waals surface area contributed by atoms with Crippen LogP contribution in [0.4, 0.5) is 5.69 Å². The van der Waals surface area contributed by atoms with Gasteiger partial charge in [-0.1, -0.05) is 30.8 Å². The molecule has 0 aliphatic carbocycles. The van der Waals surface area contributed by atoms with E-state index < -0.39 is 0 Å². The fourth-order valence-electron chi connectivity index (χ4n) is 3.41. The average Bonchev–Trinajstić information content (AvgIpc) is 3.32. The first-order chi connectivity index (χ1) is 16.6. The Morgan fingerprint density at radius 1 is 0.882 bits per heavy atom. The van der Waals surface area contributed by atoms with Crippen LogP contribution < -0.4 is 14.8 Å². The number of ether oxygens (including phenoxy) is 2. The molecule has 0 bridgehead atoms. The van der Waals surface area contributed by atoms with Gasteiger partial charge in [-0.3, -0.25) is 9.36 Å². The summed E-state index contributed by atoms with van der Waals surface area (Å²) >= 11 is 1.33. The lowest BCUT2D eigenvalue weighted by Gasteiger charge is -2.12. The van der Waals surface area contributed by atoms with Gasteiger partial charge in [0, 0.05) is 16.9 Å². The number of carbonyl (C=O) groups excluding carboxylic acids is 1. The minimum Gasteiger partial charge on any atom is -0.497 e.